The quantitative estimate of drug-likeness (QED) is 0.780. The van der Waals surface area contributed by atoms with Crippen LogP contribution in [0.25, 0.3) is 0 Å². The lowest BCUT2D eigenvalue weighted by Crippen LogP contribution is -2.52. The highest BCUT2D eigenvalue weighted by Crippen LogP contribution is 2.46. The lowest BCUT2D eigenvalue weighted by Gasteiger charge is -2.40. The minimum atomic E-state index is -3.03. The molecule has 1 aliphatic carbocycles. The van der Waals surface area contributed by atoms with Gasteiger partial charge in [-0.05, 0) is 37.0 Å². The first kappa shape index (κ1) is 17.0. The Morgan fingerprint density at radius 2 is 2.00 bits per heavy atom. The van der Waals surface area contributed by atoms with Crippen molar-refractivity contribution in [2.45, 2.75) is 45.1 Å². The molecule has 132 valence electrons. The molecule has 0 radical (unpaired) electrons. The summed E-state index contributed by atoms with van der Waals surface area (Å²) in [6, 6.07) is 0.112. The summed E-state index contributed by atoms with van der Waals surface area (Å²) < 4.78 is 29.2. The van der Waals surface area contributed by atoms with Crippen LogP contribution in [-0.2, 0) is 14.6 Å². The van der Waals surface area contributed by atoms with E-state index in [1.807, 2.05) is 6.92 Å². The average Bonchev–Trinajstić information content (AvgIpc) is 2.78. The summed E-state index contributed by atoms with van der Waals surface area (Å²) >= 11 is 0. The van der Waals surface area contributed by atoms with E-state index in [4.69, 9.17) is 4.74 Å². The maximum Gasteiger partial charge on any atom is 0.317 e. The van der Waals surface area contributed by atoms with E-state index in [-0.39, 0.29) is 34.9 Å². The Hall–Kier alpha value is -0.820. The number of nitrogens with zero attached hydrogens (tertiary/aromatic N) is 1. The number of hydrogen-bond acceptors (Lipinski definition) is 4. The largest absolute Gasteiger partial charge is 0.381 e. The van der Waals surface area contributed by atoms with Crippen molar-refractivity contribution >= 4 is 15.9 Å². The van der Waals surface area contributed by atoms with Crippen LogP contribution in [-0.4, -0.2) is 63.2 Å². The van der Waals surface area contributed by atoms with Gasteiger partial charge in [0.25, 0.3) is 0 Å². The maximum absolute atomic E-state index is 12.7. The van der Waals surface area contributed by atoms with Gasteiger partial charge in [-0.15, -0.1) is 0 Å². The van der Waals surface area contributed by atoms with Crippen molar-refractivity contribution < 1.29 is 17.9 Å². The molecule has 2 atom stereocenters. The zero-order valence-corrected chi connectivity index (χ0v) is 14.7. The molecule has 2 saturated heterocycles. The van der Waals surface area contributed by atoms with E-state index in [9.17, 15) is 13.2 Å². The summed E-state index contributed by atoms with van der Waals surface area (Å²) in [7, 11) is -3.03. The Balaban J connectivity index is 1.64. The first-order chi connectivity index (χ1) is 10.9. The fraction of sp³-hybridized carbons (Fsp3) is 0.938. The van der Waals surface area contributed by atoms with Crippen molar-refractivity contribution in [1.29, 1.82) is 0 Å². The van der Waals surface area contributed by atoms with Crippen LogP contribution < -0.4 is 5.32 Å². The standard InChI is InChI=1S/C16H28N2O4S/c1-13-11-18(7-10-23(20,21)12-13)15(19)17-14-3-2-4-16(14)5-8-22-9-6-16/h13-14H,2-12H2,1H3,(H,17,19). The van der Waals surface area contributed by atoms with Crippen LogP contribution in [0.1, 0.15) is 39.0 Å². The Morgan fingerprint density at radius 3 is 2.74 bits per heavy atom. The van der Waals surface area contributed by atoms with E-state index in [0.29, 0.717) is 13.1 Å². The van der Waals surface area contributed by atoms with Crippen LogP contribution in [0.2, 0.25) is 0 Å². The van der Waals surface area contributed by atoms with E-state index < -0.39 is 9.84 Å². The van der Waals surface area contributed by atoms with Crippen LogP contribution in [0.3, 0.4) is 0 Å². The number of nitrogens with one attached hydrogen (secondary N) is 1. The van der Waals surface area contributed by atoms with Gasteiger partial charge in [0.2, 0.25) is 0 Å². The maximum atomic E-state index is 12.7. The predicted octanol–water partition coefficient (Wildman–Crippen LogP) is 1.41. The number of hydrogen-bond donors (Lipinski definition) is 1. The van der Waals surface area contributed by atoms with Crippen molar-refractivity contribution in [1.82, 2.24) is 10.2 Å². The fourth-order valence-corrected chi connectivity index (χ4v) is 6.09. The number of urea groups is 1. The molecule has 2 unspecified atom stereocenters. The van der Waals surface area contributed by atoms with Gasteiger partial charge in [-0.25, -0.2) is 13.2 Å². The van der Waals surface area contributed by atoms with E-state index in [0.717, 1.165) is 45.3 Å². The molecule has 3 fully saturated rings. The molecule has 6 nitrogen and oxygen atoms in total. The van der Waals surface area contributed by atoms with Crippen molar-refractivity contribution in [3.8, 4) is 0 Å². The Labute approximate surface area is 138 Å². The van der Waals surface area contributed by atoms with Gasteiger partial charge in [0.1, 0.15) is 0 Å². The van der Waals surface area contributed by atoms with Gasteiger partial charge in [-0.3, -0.25) is 0 Å². The van der Waals surface area contributed by atoms with Crippen molar-refractivity contribution in [2.24, 2.45) is 11.3 Å². The summed E-state index contributed by atoms with van der Waals surface area (Å²) in [5.74, 6) is 0.254. The topological polar surface area (TPSA) is 75.7 Å². The third kappa shape index (κ3) is 3.82. The van der Waals surface area contributed by atoms with E-state index in [1.54, 1.807) is 4.90 Å². The van der Waals surface area contributed by atoms with E-state index in [2.05, 4.69) is 5.32 Å². The number of sulfone groups is 1. The molecule has 1 N–H and O–H groups in total. The Bertz CT molecular complexity index is 542. The Kier molecular flexibility index (Phi) is 4.88. The Morgan fingerprint density at radius 1 is 1.26 bits per heavy atom. The van der Waals surface area contributed by atoms with Crippen LogP contribution >= 0.6 is 0 Å². The predicted molar refractivity (Wildman–Crippen MR) is 88.0 cm³/mol. The molecular weight excluding hydrogens is 316 g/mol. The second-order valence-corrected chi connectivity index (χ2v) is 9.76. The van der Waals surface area contributed by atoms with Gasteiger partial charge in [0.15, 0.2) is 9.84 Å². The molecule has 0 bridgehead atoms. The van der Waals surface area contributed by atoms with Gasteiger partial charge >= 0.3 is 6.03 Å². The minimum absolute atomic E-state index is 0.00568. The molecule has 0 aromatic carbocycles. The summed E-state index contributed by atoms with van der Waals surface area (Å²) in [4.78, 5) is 14.4. The number of carbonyl (C=O) groups is 1. The molecule has 3 aliphatic rings. The molecule has 1 spiro atoms. The molecule has 23 heavy (non-hydrogen) atoms. The van der Waals surface area contributed by atoms with Crippen LogP contribution in [0.4, 0.5) is 4.79 Å². The highest BCUT2D eigenvalue weighted by Gasteiger charge is 2.45. The summed E-state index contributed by atoms with van der Waals surface area (Å²) in [6.45, 7) is 4.30. The second kappa shape index (κ2) is 6.59. The fourth-order valence-electron chi connectivity index (χ4n) is 4.45. The van der Waals surface area contributed by atoms with Gasteiger partial charge in [-0.1, -0.05) is 13.3 Å². The number of rotatable bonds is 1. The zero-order valence-electron chi connectivity index (χ0n) is 13.9. The average molecular weight is 344 g/mol. The van der Waals surface area contributed by atoms with Crippen molar-refractivity contribution in [3.63, 3.8) is 0 Å². The minimum Gasteiger partial charge on any atom is -0.381 e. The highest BCUT2D eigenvalue weighted by atomic mass is 32.2. The van der Waals surface area contributed by atoms with Crippen LogP contribution in [0.15, 0.2) is 0 Å². The highest BCUT2D eigenvalue weighted by molar-refractivity contribution is 7.91. The molecule has 3 rings (SSSR count). The summed E-state index contributed by atoms with van der Waals surface area (Å²) in [5.41, 5.74) is 0.192. The molecule has 2 amide bonds. The molecule has 2 heterocycles. The molecule has 1 saturated carbocycles. The molecule has 0 aromatic rings. The zero-order chi connectivity index (χ0) is 16.5. The van der Waals surface area contributed by atoms with Crippen molar-refractivity contribution in [2.75, 3.05) is 37.8 Å². The third-order valence-corrected chi connectivity index (χ3v) is 7.60. The monoisotopic (exact) mass is 344 g/mol. The summed E-state index contributed by atoms with van der Waals surface area (Å²) in [6.07, 6.45) is 5.36. The lowest BCUT2D eigenvalue weighted by atomic mass is 9.75. The van der Waals surface area contributed by atoms with Crippen molar-refractivity contribution in [3.05, 3.63) is 0 Å². The SMILES string of the molecule is CC1CN(C(=O)NC2CCCC23CCOCC3)CCS(=O)(=O)C1. The normalized spacial score (nSPS) is 33.3. The second-order valence-electron chi connectivity index (χ2n) is 7.53. The molecule has 2 aliphatic heterocycles. The summed E-state index contributed by atoms with van der Waals surface area (Å²) in [5, 5.41) is 3.22. The van der Waals surface area contributed by atoms with Gasteiger partial charge in [-0.2, -0.15) is 0 Å². The third-order valence-electron chi connectivity index (χ3n) is 5.72. The number of ether oxygens (including phenoxy) is 1. The molecule has 7 heteroatoms. The van der Waals surface area contributed by atoms with Crippen LogP contribution in [0, 0.1) is 11.3 Å². The van der Waals surface area contributed by atoms with Gasteiger partial charge in [0.05, 0.1) is 11.5 Å². The first-order valence-electron chi connectivity index (χ1n) is 8.74. The van der Waals surface area contributed by atoms with Crippen LogP contribution in [0.5, 0.6) is 0 Å². The van der Waals surface area contributed by atoms with E-state index in [1.165, 1.54) is 0 Å². The number of amides is 2. The smallest absolute Gasteiger partial charge is 0.317 e. The first-order valence-corrected chi connectivity index (χ1v) is 10.6. The lowest BCUT2D eigenvalue weighted by molar-refractivity contribution is 0.00543. The number of carbonyl (C=O) groups excluding carboxylic acids is 1. The molecular formula is C16H28N2O4S. The van der Waals surface area contributed by atoms with Gasteiger partial charge in [0, 0.05) is 32.3 Å². The molecule has 0 aromatic heterocycles. The van der Waals surface area contributed by atoms with E-state index >= 15 is 0 Å². The van der Waals surface area contributed by atoms with Gasteiger partial charge < -0.3 is 15.0 Å².